The van der Waals surface area contributed by atoms with E-state index in [4.69, 9.17) is 4.74 Å². The molecule has 102 valence electrons. The van der Waals surface area contributed by atoms with Gasteiger partial charge in [0.1, 0.15) is 16.5 Å². The molecule has 1 fully saturated rings. The van der Waals surface area contributed by atoms with Crippen molar-refractivity contribution in [2.75, 3.05) is 13.2 Å². The van der Waals surface area contributed by atoms with Crippen LogP contribution in [0.2, 0.25) is 0 Å². The third-order valence-corrected chi connectivity index (χ3v) is 5.62. The first-order chi connectivity index (χ1) is 8.93. The van der Waals surface area contributed by atoms with Crippen molar-refractivity contribution < 1.29 is 21.9 Å². The van der Waals surface area contributed by atoms with Crippen LogP contribution in [0.3, 0.4) is 0 Å². The molecule has 4 nitrogen and oxygen atoms in total. The minimum atomic E-state index is -4.28. The lowest BCUT2D eigenvalue weighted by Gasteiger charge is -2.30. The van der Waals surface area contributed by atoms with E-state index in [1.54, 1.807) is 6.07 Å². The van der Waals surface area contributed by atoms with E-state index in [1.165, 1.54) is 0 Å². The summed E-state index contributed by atoms with van der Waals surface area (Å²) < 4.78 is 54.9. The third kappa shape index (κ3) is 2.22. The molecule has 0 atom stereocenters. The molecule has 0 amide bonds. The van der Waals surface area contributed by atoms with Crippen molar-refractivity contribution >= 4 is 9.84 Å². The first-order valence-electron chi connectivity index (χ1n) is 5.62. The quantitative estimate of drug-likeness (QED) is 0.832. The molecule has 2 rings (SSSR count). The highest BCUT2D eigenvalue weighted by Crippen LogP contribution is 2.35. The Bertz CT molecular complexity index is 631. The fourth-order valence-electron chi connectivity index (χ4n) is 2.04. The number of nitriles is 1. The van der Waals surface area contributed by atoms with Crippen LogP contribution < -0.4 is 0 Å². The number of hydrogen-bond acceptors (Lipinski definition) is 4. The summed E-state index contributed by atoms with van der Waals surface area (Å²) in [6.45, 7) is 0.202. The van der Waals surface area contributed by atoms with E-state index in [9.17, 15) is 22.5 Å². The number of nitrogens with zero attached hydrogens (tertiary/aromatic N) is 1. The Labute approximate surface area is 109 Å². The molecule has 1 aromatic rings. The minimum Gasteiger partial charge on any atom is -0.381 e. The van der Waals surface area contributed by atoms with Crippen molar-refractivity contribution in [3.63, 3.8) is 0 Å². The molecule has 0 bridgehead atoms. The summed E-state index contributed by atoms with van der Waals surface area (Å²) >= 11 is 0. The Kier molecular flexibility index (Phi) is 3.56. The van der Waals surface area contributed by atoms with Crippen molar-refractivity contribution in [2.45, 2.75) is 22.5 Å². The highest BCUT2D eigenvalue weighted by atomic mass is 32.2. The number of ether oxygens (including phenoxy) is 1. The summed E-state index contributed by atoms with van der Waals surface area (Å²) in [4.78, 5) is -0.768. The molecule has 1 saturated heterocycles. The first-order valence-corrected chi connectivity index (χ1v) is 7.10. The SMILES string of the molecule is N#CC1(S(=O)(=O)c2cc(F)ccc2F)CCOCC1. The molecular weight excluding hydrogens is 276 g/mol. The van der Waals surface area contributed by atoms with Crippen molar-refractivity contribution in [3.8, 4) is 6.07 Å². The Morgan fingerprint density at radius 1 is 1.26 bits per heavy atom. The maximum Gasteiger partial charge on any atom is 0.200 e. The number of sulfone groups is 1. The van der Waals surface area contributed by atoms with Gasteiger partial charge in [0.25, 0.3) is 0 Å². The summed E-state index contributed by atoms with van der Waals surface area (Å²) in [5.41, 5.74) is 0. The maximum atomic E-state index is 13.6. The highest BCUT2D eigenvalue weighted by Gasteiger charge is 2.47. The molecule has 1 aliphatic heterocycles. The number of hydrogen-bond donors (Lipinski definition) is 0. The van der Waals surface area contributed by atoms with E-state index < -0.39 is 31.1 Å². The van der Waals surface area contributed by atoms with Gasteiger partial charge in [0.15, 0.2) is 4.75 Å². The molecule has 0 aliphatic carbocycles. The van der Waals surface area contributed by atoms with Gasteiger partial charge < -0.3 is 4.74 Å². The summed E-state index contributed by atoms with van der Waals surface area (Å²) in [6, 6.07) is 3.93. The Morgan fingerprint density at radius 2 is 1.89 bits per heavy atom. The number of rotatable bonds is 2. The van der Waals surface area contributed by atoms with Gasteiger partial charge in [-0.15, -0.1) is 0 Å². The Balaban J connectivity index is 2.58. The molecule has 0 spiro atoms. The lowest BCUT2D eigenvalue weighted by Crippen LogP contribution is -2.43. The molecule has 1 aromatic carbocycles. The average molecular weight is 287 g/mol. The Hall–Kier alpha value is -1.52. The van der Waals surface area contributed by atoms with E-state index in [0.717, 1.165) is 12.1 Å². The van der Waals surface area contributed by atoms with Crippen LogP contribution in [0.4, 0.5) is 8.78 Å². The van der Waals surface area contributed by atoms with Crippen LogP contribution in [-0.4, -0.2) is 26.4 Å². The Morgan fingerprint density at radius 3 is 2.47 bits per heavy atom. The largest absolute Gasteiger partial charge is 0.381 e. The molecular formula is C12H11F2NO3S. The number of benzene rings is 1. The fourth-order valence-corrected chi connectivity index (χ4v) is 3.87. The molecule has 0 saturated carbocycles. The van der Waals surface area contributed by atoms with Crippen molar-refractivity contribution in [3.05, 3.63) is 29.8 Å². The fraction of sp³-hybridized carbons (Fsp3) is 0.417. The smallest absolute Gasteiger partial charge is 0.200 e. The van der Waals surface area contributed by atoms with Gasteiger partial charge in [-0.3, -0.25) is 0 Å². The van der Waals surface area contributed by atoms with Gasteiger partial charge in [-0.1, -0.05) is 0 Å². The van der Waals surface area contributed by atoms with Crippen LogP contribution in [0.15, 0.2) is 23.1 Å². The second-order valence-corrected chi connectivity index (χ2v) is 6.52. The normalized spacial score (nSPS) is 18.8. The molecule has 1 heterocycles. The van der Waals surface area contributed by atoms with E-state index in [0.29, 0.717) is 6.07 Å². The first kappa shape index (κ1) is 13.9. The van der Waals surface area contributed by atoms with Gasteiger partial charge in [0.2, 0.25) is 9.84 Å². The van der Waals surface area contributed by atoms with E-state index in [2.05, 4.69) is 0 Å². The lowest BCUT2D eigenvalue weighted by atomic mass is 10.0. The second-order valence-electron chi connectivity index (χ2n) is 4.30. The van der Waals surface area contributed by atoms with Crippen LogP contribution in [0, 0.1) is 23.0 Å². The van der Waals surface area contributed by atoms with Gasteiger partial charge in [-0.2, -0.15) is 5.26 Å². The van der Waals surface area contributed by atoms with Crippen LogP contribution in [0.1, 0.15) is 12.8 Å². The molecule has 19 heavy (non-hydrogen) atoms. The van der Waals surface area contributed by atoms with Crippen LogP contribution in [0.25, 0.3) is 0 Å². The zero-order valence-electron chi connectivity index (χ0n) is 9.90. The van der Waals surface area contributed by atoms with Gasteiger partial charge in [-0.05, 0) is 18.2 Å². The summed E-state index contributed by atoms with van der Waals surface area (Å²) in [6.07, 6.45) is -0.108. The summed E-state index contributed by atoms with van der Waals surface area (Å²) in [5, 5.41) is 9.20. The molecule has 0 unspecified atom stereocenters. The standard InChI is InChI=1S/C12H11F2NO3S/c13-9-1-2-10(14)11(7-9)19(16,17)12(8-15)3-5-18-6-4-12/h1-2,7H,3-6H2. The molecule has 7 heteroatoms. The van der Waals surface area contributed by atoms with E-state index in [-0.39, 0.29) is 26.1 Å². The molecule has 0 N–H and O–H groups in total. The van der Waals surface area contributed by atoms with Crippen molar-refractivity contribution in [2.24, 2.45) is 0 Å². The maximum absolute atomic E-state index is 13.6. The van der Waals surface area contributed by atoms with Crippen molar-refractivity contribution in [1.82, 2.24) is 0 Å². The van der Waals surface area contributed by atoms with E-state index in [1.807, 2.05) is 0 Å². The predicted octanol–water partition coefficient (Wildman–Crippen LogP) is 1.81. The van der Waals surface area contributed by atoms with Gasteiger partial charge in [0.05, 0.1) is 6.07 Å². The monoisotopic (exact) mass is 287 g/mol. The average Bonchev–Trinajstić information content (AvgIpc) is 2.42. The van der Waals surface area contributed by atoms with E-state index >= 15 is 0 Å². The predicted molar refractivity (Wildman–Crippen MR) is 61.9 cm³/mol. The topological polar surface area (TPSA) is 67.2 Å². The van der Waals surface area contributed by atoms with Crippen LogP contribution >= 0.6 is 0 Å². The molecule has 0 aromatic heterocycles. The molecule has 1 aliphatic rings. The third-order valence-electron chi connectivity index (χ3n) is 3.20. The number of halogens is 2. The summed E-state index contributed by atoms with van der Waals surface area (Å²) in [7, 11) is -4.28. The minimum absolute atomic E-state index is 0.0538. The zero-order valence-corrected chi connectivity index (χ0v) is 10.7. The molecule has 0 radical (unpaired) electrons. The van der Waals surface area contributed by atoms with Gasteiger partial charge >= 0.3 is 0 Å². The van der Waals surface area contributed by atoms with Gasteiger partial charge in [0, 0.05) is 26.1 Å². The summed E-state index contributed by atoms with van der Waals surface area (Å²) in [5.74, 6) is -1.91. The zero-order chi connectivity index (χ0) is 14.1. The lowest BCUT2D eigenvalue weighted by molar-refractivity contribution is 0.0863. The van der Waals surface area contributed by atoms with Gasteiger partial charge in [-0.25, -0.2) is 17.2 Å². The second kappa shape index (κ2) is 4.87. The van der Waals surface area contributed by atoms with Crippen LogP contribution in [-0.2, 0) is 14.6 Å². The van der Waals surface area contributed by atoms with Crippen molar-refractivity contribution in [1.29, 1.82) is 5.26 Å². The van der Waals surface area contributed by atoms with Crippen LogP contribution in [0.5, 0.6) is 0 Å². The highest BCUT2D eigenvalue weighted by molar-refractivity contribution is 7.93.